The van der Waals surface area contributed by atoms with Crippen LogP contribution in [0.2, 0.25) is 0 Å². The van der Waals surface area contributed by atoms with Gasteiger partial charge < -0.3 is 5.32 Å². The van der Waals surface area contributed by atoms with Crippen LogP contribution in [-0.4, -0.2) is 31.7 Å². The zero-order valence-electron chi connectivity index (χ0n) is 8.46. The van der Waals surface area contributed by atoms with Gasteiger partial charge in [-0.2, -0.15) is 5.10 Å². The molecule has 0 aliphatic heterocycles. The molecular weight excluding hydrogens is 192 g/mol. The summed E-state index contributed by atoms with van der Waals surface area (Å²) in [5.74, 6) is 0.787. The van der Waals surface area contributed by atoms with E-state index in [0.29, 0.717) is 0 Å². The Morgan fingerprint density at radius 2 is 2.33 bits per heavy atom. The van der Waals surface area contributed by atoms with Crippen LogP contribution in [0.1, 0.15) is 5.56 Å². The Balaban J connectivity index is 1.83. The van der Waals surface area contributed by atoms with Gasteiger partial charge in [0, 0.05) is 12.7 Å². The predicted octanol–water partition coefficient (Wildman–Crippen LogP) is 0.489. The number of nitrogens with one attached hydrogen (secondary N) is 1. The van der Waals surface area contributed by atoms with E-state index in [1.807, 2.05) is 19.2 Å². The van der Waals surface area contributed by atoms with E-state index in [1.54, 1.807) is 17.1 Å². The fourth-order valence-corrected chi connectivity index (χ4v) is 1.20. The van der Waals surface area contributed by atoms with Crippen molar-refractivity contribution in [2.45, 2.75) is 13.5 Å². The lowest BCUT2D eigenvalue weighted by atomic mass is 10.3. The highest BCUT2D eigenvalue weighted by Crippen LogP contribution is 2.02. The first-order valence-corrected chi connectivity index (χ1v) is 4.72. The molecule has 0 saturated carbocycles. The summed E-state index contributed by atoms with van der Waals surface area (Å²) in [5.41, 5.74) is 1.09. The van der Waals surface area contributed by atoms with Crippen molar-refractivity contribution in [2.75, 3.05) is 11.9 Å². The first-order valence-electron chi connectivity index (χ1n) is 4.72. The van der Waals surface area contributed by atoms with Crippen LogP contribution in [0.4, 0.5) is 5.82 Å². The second kappa shape index (κ2) is 4.50. The van der Waals surface area contributed by atoms with Gasteiger partial charge in [-0.05, 0) is 18.6 Å². The maximum atomic E-state index is 3.95. The second-order valence-electron chi connectivity index (χ2n) is 3.21. The molecule has 6 nitrogen and oxygen atoms in total. The molecule has 2 heterocycles. The van der Waals surface area contributed by atoms with E-state index in [9.17, 15) is 0 Å². The van der Waals surface area contributed by atoms with Gasteiger partial charge >= 0.3 is 0 Å². The molecule has 0 aromatic carbocycles. The normalized spacial score (nSPS) is 10.2. The van der Waals surface area contributed by atoms with Gasteiger partial charge in [0.15, 0.2) is 0 Å². The lowest BCUT2D eigenvalue weighted by molar-refractivity contribution is 0.608. The maximum Gasteiger partial charge on any atom is 0.148 e. The van der Waals surface area contributed by atoms with Crippen LogP contribution in [0.15, 0.2) is 24.7 Å². The number of hydrogen-bond donors (Lipinski definition) is 1. The highest BCUT2D eigenvalue weighted by Gasteiger charge is 1.95. The fourth-order valence-electron chi connectivity index (χ4n) is 1.20. The Hall–Kier alpha value is -1.98. The summed E-state index contributed by atoms with van der Waals surface area (Å²) in [7, 11) is 0. The summed E-state index contributed by atoms with van der Waals surface area (Å²) in [4.78, 5) is 0. The highest BCUT2D eigenvalue weighted by molar-refractivity contribution is 5.34. The third kappa shape index (κ3) is 2.73. The van der Waals surface area contributed by atoms with Crippen LogP contribution >= 0.6 is 0 Å². The largest absolute Gasteiger partial charge is 0.367 e. The van der Waals surface area contributed by atoms with Gasteiger partial charge in [0.1, 0.15) is 5.82 Å². The highest BCUT2D eigenvalue weighted by atomic mass is 15.4. The minimum absolute atomic E-state index is 0.751. The molecule has 6 heteroatoms. The Morgan fingerprint density at radius 3 is 3.07 bits per heavy atom. The third-order valence-corrected chi connectivity index (χ3v) is 1.91. The molecule has 0 spiro atoms. The van der Waals surface area contributed by atoms with Gasteiger partial charge in [-0.1, -0.05) is 5.21 Å². The first-order chi connectivity index (χ1) is 7.34. The van der Waals surface area contributed by atoms with Gasteiger partial charge in [-0.3, -0.25) is 4.68 Å². The number of aromatic nitrogens is 5. The second-order valence-corrected chi connectivity index (χ2v) is 3.21. The molecule has 0 radical (unpaired) electrons. The van der Waals surface area contributed by atoms with Gasteiger partial charge in [0.25, 0.3) is 0 Å². The lowest BCUT2D eigenvalue weighted by Crippen LogP contribution is -2.12. The summed E-state index contributed by atoms with van der Waals surface area (Å²) < 4.78 is 1.76. The number of rotatable bonds is 4. The van der Waals surface area contributed by atoms with Gasteiger partial charge in [-0.25, -0.2) is 0 Å². The van der Waals surface area contributed by atoms with Crippen molar-refractivity contribution in [3.8, 4) is 0 Å². The molecular formula is C9H12N6. The summed E-state index contributed by atoms with van der Waals surface area (Å²) in [6.07, 6.45) is 5.21. The van der Waals surface area contributed by atoms with E-state index in [1.165, 1.54) is 0 Å². The van der Waals surface area contributed by atoms with Gasteiger partial charge in [0.2, 0.25) is 0 Å². The Bertz CT molecular complexity index is 410. The zero-order chi connectivity index (χ0) is 10.5. The van der Waals surface area contributed by atoms with Crippen molar-refractivity contribution in [2.24, 2.45) is 0 Å². The standard InChI is InChI=1S/C9H12N6/c1-8-6-9(13-12-7-8)10-2-4-15-5-3-11-14-15/h3,5-7H,2,4H2,1H3,(H,10,13). The lowest BCUT2D eigenvalue weighted by Gasteiger charge is -2.04. The summed E-state index contributed by atoms with van der Waals surface area (Å²) in [6.45, 7) is 3.49. The summed E-state index contributed by atoms with van der Waals surface area (Å²) in [6, 6.07) is 1.95. The molecule has 2 aromatic heterocycles. The molecule has 0 amide bonds. The van der Waals surface area contributed by atoms with Crippen LogP contribution in [0.5, 0.6) is 0 Å². The molecule has 15 heavy (non-hydrogen) atoms. The number of nitrogens with zero attached hydrogens (tertiary/aromatic N) is 5. The van der Waals surface area contributed by atoms with E-state index in [2.05, 4.69) is 25.8 Å². The smallest absolute Gasteiger partial charge is 0.148 e. The quantitative estimate of drug-likeness (QED) is 0.784. The molecule has 0 unspecified atom stereocenters. The first kappa shape index (κ1) is 9.57. The Kier molecular flexibility index (Phi) is 2.87. The van der Waals surface area contributed by atoms with Crippen molar-refractivity contribution in [3.63, 3.8) is 0 Å². The van der Waals surface area contributed by atoms with E-state index >= 15 is 0 Å². The molecule has 0 bridgehead atoms. The third-order valence-electron chi connectivity index (χ3n) is 1.91. The van der Waals surface area contributed by atoms with Crippen LogP contribution in [-0.2, 0) is 6.54 Å². The van der Waals surface area contributed by atoms with Crippen molar-refractivity contribution in [3.05, 3.63) is 30.2 Å². The molecule has 2 rings (SSSR count). The Morgan fingerprint density at radius 1 is 1.40 bits per heavy atom. The molecule has 1 N–H and O–H groups in total. The number of anilines is 1. The molecule has 0 aliphatic rings. The van der Waals surface area contributed by atoms with E-state index in [0.717, 1.165) is 24.5 Å². The van der Waals surface area contributed by atoms with Gasteiger partial charge in [0.05, 0.1) is 18.9 Å². The monoisotopic (exact) mass is 204 g/mol. The van der Waals surface area contributed by atoms with Crippen LogP contribution in [0.25, 0.3) is 0 Å². The Labute approximate surface area is 87.3 Å². The molecule has 2 aromatic rings. The van der Waals surface area contributed by atoms with E-state index in [-0.39, 0.29) is 0 Å². The SMILES string of the molecule is Cc1cnnc(NCCn2ccnn2)c1. The zero-order valence-corrected chi connectivity index (χ0v) is 8.46. The van der Waals surface area contributed by atoms with Crippen molar-refractivity contribution < 1.29 is 0 Å². The number of hydrogen-bond acceptors (Lipinski definition) is 5. The average molecular weight is 204 g/mol. The van der Waals surface area contributed by atoms with Gasteiger partial charge in [-0.15, -0.1) is 10.2 Å². The predicted molar refractivity (Wildman–Crippen MR) is 55.3 cm³/mol. The van der Waals surface area contributed by atoms with Crippen LogP contribution in [0.3, 0.4) is 0 Å². The van der Waals surface area contributed by atoms with Crippen molar-refractivity contribution >= 4 is 5.82 Å². The topological polar surface area (TPSA) is 68.5 Å². The van der Waals surface area contributed by atoms with Crippen LogP contribution in [0, 0.1) is 6.92 Å². The molecule has 0 saturated heterocycles. The van der Waals surface area contributed by atoms with E-state index < -0.39 is 0 Å². The van der Waals surface area contributed by atoms with E-state index in [4.69, 9.17) is 0 Å². The minimum Gasteiger partial charge on any atom is -0.367 e. The molecule has 0 fully saturated rings. The molecule has 0 atom stereocenters. The van der Waals surface area contributed by atoms with Crippen LogP contribution < -0.4 is 5.32 Å². The van der Waals surface area contributed by atoms with Crippen molar-refractivity contribution in [1.29, 1.82) is 0 Å². The van der Waals surface area contributed by atoms with Crippen molar-refractivity contribution in [1.82, 2.24) is 25.2 Å². The molecule has 0 aliphatic carbocycles. The number of aryl methyl sites for hydroxylation is 1. The maximum absolute atomic E-state index is 3.95. The average Bonchev–Trinajstić information content (AvgIpc) is 2.71. The fraction of sp³-hybridized carbons (Fsp3) is 0.333. The summed E-state index contributed by atoms with van der Waals surface area (Å²) >= 11 is 0. The molecule has 78 valence electrons. The summed E-state index contributed by atoms with van der Waals surface area (Å²) in [5, 5.41) is 18.5. The minimum atomic E-state index is 0.751.